The molecule has 0 unspecified atom stereocenters. The summed E-state index contributed by atoms with van der Waals surface area (Å²) in [6.45, 7) is 11.3. The Morgan fingerprint density at radius 1 is 1.25 bits per heavy atom. The minimum absolute atomic E-state index is 0.0188. The van der Waals surface area contributed by atoms with Gasteiger partial charge in [-0.05, 0) is 12.8 Å². The van der Waals surface area contributed by atoms with Crippen molar-refractivity contribution in [3.8, 4) is 0 Å². The Balaban J connectivity index is 4.59. The van der Waals surface area contributed by atoms with Gasteiger partial charge in [0.1, 0.15) is 6.04 Å². The van der Waals surface area contributed by atoms with Crippen LogP contribution in [0.3, 0.4) is 0 Å². The molecular formula is C12H23NO3. The van der Waals surface area contributed by atoms with Crippen LogP contribution in [0.2, 0.25) is 0 Å². The maximum atomic E-state index is 11.8. The minimum atomic E-state index is -0.563. The average molecular weight is 229 g/mol. The number of hydrogen-bond donors (Lipinski definition) is 1. The standard InChI is InChI=1S/C12H23NO3/c1-7-16-10(14)9(8(2)3)13-11(15)12(4,5)6/h8-9H,7H2,1-6H3,(H,13,15)/t9-/m0/s1. The maximum absolute atomic E-state index is 11.8. The number of esters is 1. The first-order valence-electron chi connectivity index (χ1n) is 5.67. The van der Waals surface area contributed by atoms with Crippen LogP contribution >= 0.6 is 0 Å². The zero-order chi connectivity index (χ0) is 12.9. The van der Waals surface area contributed by atoms with Crippen LogP contribution in [0.4, 0.5) is 0 Å². The Kier molecular flexibility index (Phi) is 5.48. The fraction of sp³-hybridized carbons (Fsp3) is 0.833. The summed E-state index contributed by atoms with van der Waals surface area (Å²) < 4.78 is 4.93. The molecule has 1 N–H and O–H groups in total. The summed E-state index contributed by atoms with van der Waals surface area (Å²) in [5, 5.41) is 2.73. The van der Waals surface area contributed by atoms with Gasteiger partial charge in [-0.25, -0.2) is 4.79 Å². The van der Waals surface area contributed by atoms with Crippen molar-refractivity contribution in [3.63, 3.8) is 0 Å². The molecule has 4 nitrogen and oxygen atoms in total. The second-order valence-electron chi connectivity index (χ2n) is 5.20. The van der Waals surface area contributed by atoms with Crippen molar-refractivity contribution in [1.82, 2.24) is 5.32 Å². The molecule has 0 fully saturated rings. The molecule has 0 bridgehead atoms. The second kappa shape index (κ2) is 5.87. The third-order valence-corrected chi connectivity index (χ3v) is 2.17. The lowest BCUT2D eigenvalue weighted by atomic mass is 9.94. The van der Waals surface area contributed by atoms with Crippen LogP contribution in [0.5, 0.6) is 0 Å². The Bertz CT molecular complexity index is 253. The average Bonchev–Trinajstić information content (AvgIpc) is 2.11. The lowest BCUT2D eigenvalue weighted by Gasteiger charge is -2.25. The van der Waals surface area contributed by atoms with Gasteiger partial charge in [-0.3, -0.25) is 4.79 Å². The molecular weight excluding hydrogens is 206 g/mol. The van der Waals surface area contributed by atoms with E-state index in [1.165, 1.54) is 0 Å². The zero-order valence-corrected chi connectivity index (χ0v) is 11.1. The number of hydrogen-bond acceptors (Lipinski definition) is 3. The van der Waals surface area contributed by atoms with Crippen LogP contribution in [0.1, 0.15) is 41.5 Å². The van der Waals surface area contributed by atoms with Gasteiger partial charge in [-0.15, -0.1) is 0 Å². The predicted octanol–water partition coefficient (Wildman–Crippen LogP) is 1.74. The highest BCUT2D eigenvalue weighted by atomic mass is 16.5. The number of rotatable bonds is 4. The fourth-order valence-corrected chi connectivity index (χ4v) is 1.09. The van der Waals surface area contributed by atoms with Gasteiger partial charge in [0.25, 0.3) is 0 Å². The Labute approximate surface area is 97.7 Å². The number of ether oxygens (including phenoxy) is 1. The summed E-state index contributed by atoms with van der Waals surface area (Å²) in [5.74, 6) is -0.486. The van der Waals surface area contributed by atoms with E-state index in [1.807, 2.05) is 34.6 Å². The van der Waals surface area contributed by atoms with E-state index in [2.05, 4.69) is 5.32 Å². The fourth-order valence-electron chi connectivity index (χ4n) is 1.09. The second-order valence-corrected chi connectivity index (χ2v) is 5.20. The van der Waals surface area contributed by atoms with Crippen LogP contribution in [-0.4, -0.2) is 24.5 Å². The van der Waals surface area contributed by atoms with Gasteiger partial charge in [-0.1, -0.05) is 34.6 Å². The Morgan fingerprint density at radius 2 is 1.75 bits per heavy atom. The highest BCUT2D eigenvalue weighted by Gasteiger charge is 2.30. The molecule has 0 radical (unpaired) electrons. The highest BCUT2D eigenvalue weighted by Crippen LogP contribution is 2.14. The van der Waals surface area contributed by atoms with E-state index in [-0.39, 0.29) is 17.8 Å². The first-order valence-corrected chi connectivity index (χ1v) is 5.67. The Morgan fingerprint density at radius 3 is 2.06 bits per heavy atom. The van der Waals surface area contributed by atoms with Crippen molar-refractivity contribution in [3.05, 3.63) is 0 Å². The van der Waals surface area contributed by atoms with E-state index in [0.29, 0.717) is 6.61 Å². The number of nitrogens with one attached hydrogen (secondary N) is 1. The molecule has 1 amide bonds. The van der Waals surface area contributed by atoms with Crippen molar-refractivity contribution in [2.75, 3.05) is 6.61 Å². The molecule has 0 heterocycles. The first-order chi connectivity index (χ1) is 7.20. The molecule has 0 aromatic rings. The summed E-state index contributed by atoms with van der Waals surface area (Å²) in [5.41, 5.74) is -0.500. The molecule has 0 rings (SSSR count). The summed E-state index contributed by atoms with van der Waals surface area (Å²) in [6.07, 6.45) is 0. The van der Waals surface area contributed by atoms with E-state index in [0.717, 1.165) is 0 Å². The quantitative estimate of drug-likeness (QED) is 0.747. The third-order valence-electron chi connectivity index (χ3n) is 2.17. The molecule has 4 heteroatoms. The molecule has 16 heavy (non-hydrogen) atoms. The van der Waals surface area contributed by atoms with Crippen molar-refractivity contribution in [2.45, 2.75) is 47.6 Å². The minimum Gasteiger partial charge on any atom is -0.464 e. The van der Waals surface area contributed by atoms with Gasteiger partial charge in [-0.2, -0.15) is 0 Å². The van der Waals surface area contributed by atoms with Crippen LogP contribution in [0.25, 0.3) is 0 Å². The molecule has 1 atom stereocenters. The van der Waals surface area contributed by atoms with E-state index >= 15 is 0 Å². The lowest BCUT2D eigenvalue weighted by molar-refractivity contribution is -0.149. The molecule has 0 aliphatic carbocycles. The summed E-state index contributed by atoms with van der Waals surface area (Å²) in [7, 11) is 0. The smallest absolute Gasteiger partial charge is 0.328 e. The van der Waals surface area contributed by atoms with E-state index < -0.39 is 11.5 Å². The van der Waals surface area contributed by atoms with E-state index in [1.54, 1.807) is 6.92 Å². The van der Waals surface area contributed by atoms with Crippen LogP contribution in [-0.2, 0) is 14.3 Å². The molecule has 0 saturated heterocycles. The monoisotopic (exact) mass is 229 g/mol. The van der Waals surface area contributed by atoms with Crippen molar-refractivity contribution >= 4 is 11.9 Å². The maximum Gasteiger partial charge on any atom is 0.328 e. The molecule has 0 saturated carbocycles. The third kappa shape index (κ3) is 4.64. The number of amides is 1. The normalized spacial score (nSPS) is 13.4. The molecule has 0 aliphatic heterocycles. The summed E-state index contributed by atoms with van der Waals surface area (Å²) in [6, 6.07) is -0.563. The van der Waals surface area contributed by atoms with Gasteiger partial charge in [0, 0.05) is 5.41 Å². The number of carbonyl (C=O) groups excluding carboxylic acids is 2. The molecule has 0 aliphatic rings. The van der Waals surface area contributed by atoms with Crippen molar-refractivity contribution in [2.24, 2.45) is 11.3 Å². The zero-order valence-electron chi connectivity index (χ0n) is 11.1. The topological polar surface area (TPSA) is 55.4 Å². The van der Waals surface area contributed by atoms with Crippen LogP contribution in [0, 0.1) is 11.3 Å². The van der Waals surface area contributed by atoms with Gasteiger partial charge >= 0.3 is 5.97 Å². The van der Waals surface area contributed by atoms with Crippen LogP contribution in [0.15, 0.2) is 0 Å². The van der Waals surface area contributed by atoms with E-state index in [9.17, 15) is 9.59 Å². The van der Waals surface area contributed by atoms with Gasteiger partial charge in [0.05, 0.1) is 6.61 Å². The first kappa shape index (κ1) is 14.9. The van der Waals surface area contributed by atoms with Crippen LogP contribution < -0.4 is 5.32 Å². The lowest BCUT2D eigenvalue weighted by Crippen LogP contribution is -2.49. The van der Waals surface area contributed by atoms with E-state index in [4.69, 9.17) is 4.74 Å². The summed E-state index contributed by atoms with van der Waals surface area (Å²) >= 11 is 0. The van der Waals surface area contributed by atoms with Gasteiger partial charge < -0.3 is 10.1 Å². The molecule has 0 spiro atoms. The largest absolute Gasteiger partial charge is 0.464 e. The van der Waals surface area contributed by atoms with Gasteiger partial charge in [0.15, 0.2) is 0 Å². The number of carbonyl (C=O) groups is 2. The Hall–Kier alpha value is -1.06. The molecule has 0 aromatic carbocycles. The van der Waals surface area contributed by atoms with Gasteiger partial charge in [0.2, 0.25) is 5.91 Å². The summed E-state index contributed by atoms with van der Waals surface area (Å²) in [4.78, 5) is 23.4. The highest BCUT2D eigenvalue weighted by molar-refractivity contribution is 5.87. The van der Waals surface area contributed by atoms with Crippen molar-refractivity contribution in [1.29, 1.82) is 0 Å². The molecule has 94 valence electrons. The SMILES string of the molecule is CCOC(=O)[C@@H](NC(=O)C(C)(C)C)C(C)C. The molecule has 0 aromatic heterocycles. The predicted molar refractivity (Wildman–Crippen MR) is 62.9 cm³/mol. The van der Waals surface area contributed by atoms with Crippen molar-refractivity contribution < 1.29 is 14.3 Å².